The van der Waals surface area contributed by atoms with Crippen LogP contribution < -0.4 is 11.1 Å². The number of hydrogen-bond donors (Lipinski definition) is 2. The van der Waals surface area contributed by atoms with Gasteiger partial charge in [-0.05, 0) is 52.4 Å². The Hall–Kier alpha value is -1.73. The Morgan fingerprint density at radius 3 is 2.62 bits per heavy atom. The first-order valence-corrected chi connectivity index (χ1v) is 8.73. The van der Waals surface area contributed by atoms with Crippen molar-refractivity contribution in [2.45, 2.75) is 32.2 Å². The van der Waals surface area contributed by atoms with Crippen LogP contribution in [0.1, 0.15) is 31.2 Å². The van der Waals surface area contributed by atoms with E-state index < -0.39 is 0 Å². The Balaban J connectivity index is 1.60. The zero-order valence-corrected chi connectivity index (χ0v) is 14.9. The van der Waals surface area contributed by atoms with Crippen LogP contribution in [-0.2, 0) is 11.3 Å². The molecule has 24 heavy (non-hydrogen) atoms. The Labute approximate surface area is 144 Å². The summed E-state index contributed by atoms with van der Waals surface area (Å²) in [6.07, 6.45) is 7.54. The first kappa shape index (κ1) is 18.6. The van der Waals surface area contributed by atoms with Crippen LogP contribution in [-0.4, -0.2) is 65.9 Å². The number of anilines is 1. The van der Waals surface area contributed by atoms with Crippen molar-refractivity contribution in [3.8, 4) is 0 Å². The maximum atomic E-state index is 11.8. The first-order chi connectivity index (χ1) is 11.5. The van der Waals surface area contributed by atoms with E-state index in [0.29, 0.717) is 18.3 Å². The standard InChI is InChI=1S/C17H30N6O/c1-22(2)10-7-19-16(24)4-3-14-5-8-23(9-6-14)13-15-11-20-17(18)21-12-15/h11-12,14H,3-10,13H2,1-2H3,(H,19,24)(H2,18,20,21). The summed E-state index contributed by atoms with van der Waals surface area (Å²) in [7, 11) is 4.02. The highest BCUT2D eigenvalue weighted by atomic mass is 16.1. The van der Waals surface area contributed by atoms with E-state index in [1.807, 2.05) is 14.1 Å². The van der Waals surface area contributed by atoms with Crippen molar-refractivity contribution in [2.24, 2.45) is 5.92 Å². The van der Waals surface area contributed by atoms with Crippen LogP contribution in [0.4, 0.5) is 5.95 Å². The number of carbonyl (C=O) groups is 1. The van der Waals surface area contributed by atoms with Gasteiger partial charge in [0, 0.05) is 44.0 Å². The van der Waals surface area contributed by atoms with E-state index in [4.69, 9.17) is 5.73 Å². The van der Waals surface area contributed by atoms with Gasteiger partial charge in [-0.25, -0.2) is 9.97 Å². The second kappa shape index (κ2) is 9.54. The Morgan fingerprint density at radius 2 is 2.00 bits per heavy atom. The number of piperidine rings is 1. The zero-order valence-electron chi connectivity index (χ0n) is 14.9. The van der Waals surface area contributed by atoms with Crippen LogP contribution in [0.15, 0.2) is 12.4 Å². The predicted molar refractivity (Wildman–Crippen MR) is 95.2 cm³/mol. The highest BCUT2D eigenvalue weighted by molar-refractivity contribution is 5.75. The molecule has 1 amide bonds. The van der Waals surface area contributed by atoms with E-state index in [1.54, 1.807) is 12.4 Å². The summed E-state index contributed by atoms with van der Waals surface area (Å²) < 4.78 is 0. The Kier molecular flexibility index (Phi) is 7.39. The van der Waals surface area contributed by atoms with Gasteiger partial charge in [-0.15, -0.1) is 0 Å². The van der Waals surface area contributed by atoms with Crippen molar-refractivity contribution in [1.29, 1.82) is 0 Å². The van der Waals surface area contributed by atoms with Gasteiger partial charge in [-0.2, -0.15) is 0 Å². The molecule has 1 saturated heterocycles. The number of aromatic nitrogens is 2. The molecule has 2 heterocycles. The molecule has 2 rings (SSSR count). The molecule has 0 aliphatic carbocycles. The molecule has 0 bridgehead atoms. The number of likely N-dealkylation sites (tertiary alicyclic amines) is 1. The average molecular weight is 334 g/mol. The third kappa shape index (κ3) is 6.80. The summed E-state index contributed by atoms with van der Waals surface area (Å²) >= 11 is 0. The molecule has 0 spiro atoms. The summed E-state index contributed by atoms with van der Waals surface area (Å²) in [5.74, 6) is 1.16. The minimum absolute atomic E-state index is 0.179. The van der Waals surface area contributed by atoms with Crippen molar-refractivity contribution in [3.05, 3.63) is 18.0 Å². The number of nitrogens with zero attached hydrogens (tertiary/aromatic N) is 4. The van der Waals surface area contributed by atoms with Gasteiger partial charge in [0.25, 0.3) is 0 Å². The molecule has 3 N–H and O–H groups in total. The fourth-order valence-corrected chi connectivity index (χ4v) is 2.98. The van der Waals surface area contributed by atoms with E-state index in [1.165, 1.54) is 0 Å². The predicted octanol–water partition coefficient (Wildman–Crippen LogP) is 0.729. The van der Waals surface area contributed by atoms with Crippen molar-refractivity contribution < 1.29 is 4.79 Å². The van der Waals surface area contributed by atoms with Gasteiger partial charge in [0.15, 0.2) is 0 Å². The van der Waals surface area contributed by atoms with Crippen LogP contribution in [0.25, 0.3) is 0 Å². The molecule has 1 aliphatic heterocycles. The van der Waals surface area contributed by atoms with Crippen LogP contribution in [0.3, 0.4) is 0 Å². The number of likely N-dealkylation sites (N-methyl/N-ethyl adjacent to an activating group) is 1. The third-order valence-electron chi connectivity index (χ3n) is 4.50. The quantitative estimate of drug-likeness (QED) is 0.729. The molecule has 0 radical (unpaired) electrons. The fourth-order valence-electron chi connectivity index (χ4n) is 2.98. The molecule has 1 aromatic rings. The minimum Gasteiger partial charge on any atom is -0.368 e. The van der Waals surface area contributed by atoms with Gasteiger partial charge >= 0.3 is 0 Å². The molecule has 7 heteroatoms. The van der Waals surface area contributed by atoms with Gasteiger partial charge in [0.2, 0.25) is 11.9 Å². The number of hydrogen-bond acceptors (Lipinski definition) is 6. The number of amides is 1. The Bertz CT molecular complexity index is 496. The van der Waals surface area contributed by atoms with Crippen molar-refractivity contribution >= 4 is 11.9 Å². The summed E-state index contributed by atoms with van der Waals surface area (Å²) in [6.45, 7) is 4.62. The maximum absolute atomic E-state index is 11.8. The average Bonchev–Trinajstić information content (AvgIpc) is 2.56. The van der Waals surface area contributed by atoms with Gasteiger partial charge in [0.05, 0.1) is 0 Å². The molecular formula is C17H30N6O. The second-order valence-electron chi connectivity index (χ2n) is 6.86. The van der Waals surface area contributed by atoms with E-state index in [-0.39, 0.29) is 5.91 Å². The van der Waals surface area contributed by atoms with Crippen LogP contribution in [0, 0.1) is 5.92 Å². The molecule has 1 aliphatic rings. The lowest BCUT2D eigenvalue weighted by Crippen LogP contribution is -2.34. The normalized spacial score (nSPS) is 16.5. The summed E-state index contributed by atoms with van der Waals surface area (Å²) in [5, 5.41) is 2.98. The van der Waals surface area contributed by atoms with E-state index in [0.717, 1.165) is 57.5 Å². The monoisotopic (exact) mass is 334 g/mol. The van der Waals surface area contributed by atoms with E-state index in [9.17, 15) is 4.79 Å². The zero-order chi connectivity index (χ0) is 17.4. The molecule has 0 atom stereocenters. The second-order valence-corrected chi connectivity index (χ2v) is 6.86. The lowest BCUT2D eigenvalue weighted by atomic mass is 9.92. The third-order valence-corrected chi connectivity index (χ3v) is 4.50. The van der Waals surface area contributed by atoms with Crippen molar-refractivity contribution in [2.75, 3.05) is 46.0 Å². The molecular weight excluding hydrogens is 304 g/mol. The summed E-state index contributed by atoms with van der Waals surface area (Å²) in [6, 6.07) is 0. The van der Waals surface area contributed by atoms with Gasteiger partial charge in [-0.3, -0.25) is 9.69 Å². The fraction of sp³-hybridized carbons (Fsp3) is 0.706. The SMILES string of the molecule is CN(C)CCNC(=O)CCC1CCN(Cc2cnc(N)nc2)CC1. The highest BCUT2D eigenvalue weighted by Gasteiger charge is 2.20. The largest absolute Gasteiger partial charge is 0.368 e. The maximum Gasteiger partial charge on any atom is 0.220 e. The number of rotatable bonds is 8. The van der Waals surface area contributed by atoms with Crippen molar-refractivity contribution in [3.63, 3.8) is 0 Å². The van der Waals surface area contributed by atoms with Crippen LogP contribution in [0.5, 0.6) is 0 Å². The summed E-state index contributed by atoms with van der Waals surface area (Å²) in [4.78, 5) is 24.4. The summed E-state index contributed by atoms with van der Waals surface area (Å²) in [5.41, 5.74) is 6.61. The smallest absolute Gasteiger partial charge is 0.220 e. The molecule has 7 nitrogen and oxygen atoms in total. The highest BCUT2D eigenvalue weighted by Crippen LogP contribution is 2.22. The van der Waals surface area contributed by atoms with Crippen molar-refractivity contribution in [1.82, 2.24) is 25.1 Å². The first-order valence-electron chi connectivity index (χ1n) is 8.73. The number of nitrogens with two attached hydrogens (primary N) is 1. The Morgan fingerprint density at radius 1 is 1.33 bits per heavy atom. The van der Waals surface area contributed by atoms with E-state index >= 15 is 0 Å². The van der Waals surface area contributed by atoms with Gasteiger partial charge < -0.3 is 16.0 Å². The molecule has 134 valence electrons. The molecule has 1 fully saturated rings. The number of carbonyl (C=O) groups excluding carboxylic acids is 1. The van der Waals surface area contributed by atoms with Gasteiger partial charge in [-0.1, -0.05) is 0 Å². The molecule has 0 saturated carbocycles. The molecule has 0 aromatic carbocycles. The molecule has 0 unspecified atom stereocenters. The van der Waals surface area contributed by atoms with E-state index in [2.05, 4.69) is 25.1 Å². The number of nitrogens with one attached hydrogen (secondary N) is 1. The molecule has 1 aromatic heterocycles. The van der Waals surface area contributed by atoms with Crippen LogP contribution in [0.2, 0.25) is 0 Å². The lowest BCUT2D eigenvalue weighted by Gasteiger charge is -2.31. The minimum atomic E-state index is 0.179. The topological polar surface area (TPSA) is 87.4 Å². The lowest BCUT2D eigenvalue weighted by molar-refractivity contribution is -0.121. The van der Waals surface area contributed by atoms with Gasteiger partial charge in [0.1, 0.15) is 0 Å². The number of nitrogen functional groups attached to an aromatic ring is 1. The van der Waals surface area contributed by atoms with Crippen LogP contribution >= 0.6 is 0 Å².